The molecule has 3 aromatic rings. The van der Waals surface area contributed by atoms with Crippen molar-refractivity contribution in [2.75, 3.05) is 20.3 Å². The minimum Gasteiger partial charge on any atom is -0.497 e. The predicted molar refractivity (Wildman–Crippen MR) is 231 cm³/mol. The standard InChI is InChI=1S/C47H66O5Si2/c1-36(2)53(37(3)4,38(5)6)52-46(30-29-42-34-39(7)31-33-49-42)45(50-35-40-25-27-41(48-11)28-26-40)24-18-19-32-51-54(47(8,9)10,43-20-14-12-15-21-43)44-22-16-13-17-23-44/h12-17,20-23,25-31,36-38,42,45-46H,24,32-35H2,1-11H3/b30-29+/t42-,45-,46+/m1/s1. The summed E-state index contributed by atoms with van der Waals surface area (Å²) in [5, 5.41) is 2.37. The van der Waals surface area contributed by atoms with Crippen LogP contribution in [0.3, 0.4) is 0 Å². The molecule has 0 fully saturated rings. The first-order valence-corrected chi connectivity index (χ1v) is 23.9. The molecule has 4 rings (SSSR count). The van der Waals surface area contributed by atoms with E-state index in [1.807, 2.05) is 12.1 Å². The van der Waals surface area contributed by atoms with Crippen molar-refractivity contribution >= 4 is 27.0 Å². The molecule has 0 bridgehead atoms. The Balaban J connectivity index is 1.71. The van der Waals surface area contributed by atoms with Gasteiger partial charge in [-0.3, -0.25) is 0 Å². The van der Waals surface area contributed by atoms with Crippen molar-refractivity contribution in [3.8, 4) is 17.6 Å². The second kappa shape index (κ2) is 20.1. The molecule has 5 nitrogen and oxygen atoms in total. The largest absolute Gasteiger partial charge is 0.497 e. The summed E-state index contributed by atoms with van der Waals surface area (Å²) in [5.41, 5.74) is 3.67. The van der Waals surface area contributed by atoms with Gasteiger partial charge in [-0.1, -0.05) is 171 Å². The van der Waals surface area contributed by atoms with E-state index in [0.29, 0.717) is 42.9 Å². The van der Waals surface area contributed by atoms with Crippen LogP contribution in [0, 0.1) is 11.8 Å². The fourth-order valence-electron chi connectivity index (χ4n) is 8.34. The molecule has 0 aliphatic carbocycles. The number of hydrogen-bond acceptors (Lipinski definition) is 5. The molecule has 0 radical (unpaired) electrons. The van der Waals surface area contributed by atoms with Crippen molar-refractivity contribution in [1.29, 1.82) is 0 Å². The third-order valence-corrected chi connectivity index (χ3v) is 22.1. The zero-order valence-electron chi connectivity index (χ0n) is 34.9. The minimum absolute atomic E-state index is 0.00231. The third kappa shape index (κ3) is 10.7. The first-order chi connectivity index (χ1) is 25.7. The molecule has 3 aromatic carbocycles. The van der Waals surface area contributed by atoms with Crippen molar-refractivity contribution in [1.82, 2.24) is 0 Å². The molecule has 292 valence electrons. The van der Waals surface area contributed by atoms with Crippen LogP contribution >= 0.6 is 0 Å². The highest BCUT2D eigenvalue weighted by atomic mass is 28.4. The third-order valence-electron chi connectivity index (χ3n) is 11.0. The second-order valence-electron chi connectivity index (χ2n) is 16.6. The molecule has 0 N–H and O–H groups in total. The van der Waals surface area contributed by atoms with Crippen LogP contribution in [-0.2, 0) is 24.9 Å². The lowest BCUT2D eigenvalue weighted by molar-refractivity contribution is -0.0203. The van der Waals surface area contributed by atoms with Crippen molar-refractivity contribution in [3.05, 3.63) is 114 Å². The van der Waals surface area contributed by atoms with Crippen molar-refractivity contribution in [2.45, 2.75) is 129 Å². The minimum atomic E-state index is -2.72. The van der Waals surface area contributed by atoms with Gasteiger partial charge in [0.1, 0.15) is 5.75 Å². The molecule has 1 heterocycles. The summed E-state index contributed by atoms with van der Waals surface area (Å²) in [4.78, 5) is 0. The molecule has 0 unspecified atom stereocenters. The Morgan fingerprint density at radius 2 is 1.39 bits per heavy atom. The number of benzene rings is 3. The van der Waals surface area contributed by atoms with E-state index in [4.69, 9.17) is 23.1 Å². The Bertz CT molecular complexity index is 1620. The van der Waals surface area contributed by atoms with Crippen LogP contribution < -0.4 is 15.1 Å². The molecule has 7 heteroatoms. The summed E-state index contributed by atoms with van der Waals surface area (Å²) in [6.45, 7) is 24.5. The number of methoxy groups -OCH3 is 1. The molecule has 1 aliphatic rings. The van der Waals surface area contributed by atoms with E-state index in [0.717, 1.165) is 17.7 Å². The molecular formula is C47H66O5Si2. The Labute approximate surface area is 329 Å². The maximum absolute atomic E-state index is 7.54. The molecule has 1 aliphatic heterocycles. The summed E-state index contributed by atoms with van der Waals surface area (Å²) >= 11 is 0. The highest BCUT2D eigenvalue weighted by Crippen LogP contribution is 2.44. The topological polar surface area (TPSA) is 46.2 Å². The van der Waals surface area contributed by atoms with Gasteiger partial charge in [0.25, 0.3) is 8.32 Å². The highest BCUT2D eigenvalue weighted by molar-refractivity contribution is 6.99. The van der Waals surface area contributed by atoms with Crippen LogP contribution in [0.2, 0.25) is 21.7 Å². The Morgan fingerprint density at radius 3 is 1.89 bits per heavy atom. The van der Waals surface area contributed by atoms with Crippen molar-refractivity contribution in [2.24, 2.45) is 0 Å². The van der Waals surface area contributed by atoms with E-state index in [1.54, 1.807) is 7.11 Å². The molecular weight excluding hydrogens is 701 g/mol. The molecule has 0 saturated carbocycles. The van der Waals surface area contributed by atoms with Crippen molar-refractivity contribution in [3.63, 3.8) is 0 Å². The Morgan fingerprint density at radius 1 is 0.815 bits per heavy atom. The lowest BCUT2D eigenvalue weighted by Crippen LogP contribution is -2.66. The SMILES string of the molecule is COc1ccc(CO[C@H](CC#CCO[Si](c2ccccc2)(c2ccccc2)C(C)(C)C)[C@H](/C=C/[C@@H]2CC(C)=CCO2)O[Si](C(C)C)(C(C)C)C(C)C)cc1. The fraction of sp³-hybridized carbons (Fsp3) is 0.489. The number of hydrogen-bond donors (Lipinski definition) is 0. The van der Waals surface area contributed by atoms with Gasteiger partial charge in [0.05, 0.1) is 45.2 Å². The van der Waals surface area contributed by atoms with Gasteiger partial charge in [0, 0.05) is 6.42 Å². The van der Waals surface area contributed by atoms with Crippen LogP contribution in [0.1, 0.15) is 87.6 Å². The monoisotopic (exact) mass is 766 g/mol. The van der Waals surface area contributed by atoms with E-state index in [9.17, 15) is 0 Å². The first kappa shape index (κ1) is 43.5. The summed E-state index contributed by atoms with van der Waals surface area (Å²) in [5.74, 6) is 7.81. The van der Waals surface area contributed by atoms with Gasteiger partial charge in [-0.2, -0.15) is 0 Å². The summed E-state index contributed by atoms with van der Waals surface area (Å²) in [6, 6.07) is 29.6. The van der Waals surface area contributed by atoms with E-state index in [-0.39, 0.29) is 23.4 Å². The molecule has 54 heavy (non-hydrogen) atoms. The van der Waals surface area contributed by atoms with E-state index in [2.05, 4.69) is 172 Å². The zero-order valence-corrected chi connectivity index (χ0v) is 36.9. The predicted octanol–water partition coefficient (Wildman–Crippen LogP) is 10.4. The van der Waals surface area contributed by atoms with Gasteiger partial charge in [-0.25, -0.2) is 0 Å². The van der Waals surface area contributed by atoms with Gasteiger partial charge in [0.2, 0.25) is 8.32 Å². The molecule has 3 atom stereocenters. The lowest BCUT2D eigenvalue weighted by Gasteiger charge is -2.45. The smallest absolute Gasteiger partial charge is 0.262 e. The molecule has 0 amide bonds. The maximum atomic E-state index is 7.54. The van der Waals surface area contributed by atoms with Gasteiger partial charge in [-0.15, -0.1) is 0 Å². The zero-order chi connectivity index (χ0) is 39.4. The molecule has 0 aromatic heterocycles. The van der Waals surface area contributed by atoms with Crippen LogP contribution in [0.5, 0.6) is 5.75 Å². The Hall–Kier alpha value is -3.23. The molecule has 0 spiro atoms. The van der Waals surface area contributed by atoms with Gasteiger partial charge < -0.3 is 23.1 Å². The van der Waals surface area contributed by atoms with Gasteiger partial charge in [0.15, 0.2) is 0 Å². The van der Waals surface area contributed by atoms with E-state index < -0.39 is 16.6 Å². The summed E-state index contributed by atoms with van der Waals surface area (Å²) < 4.78 is 33.1. The van der Waals surface area contributed by atoms with Crippen LogP contribution in [0.15, 0.2) is 109 Å². The summed E-state index contributed by atoms with van der Waals surface area (Å²) in [7, 11) is -3.34. The maximum Gasteiger partial charge on any atom is 0.262 e. The lowest BCUT2D eigenvalue weighted by atomic mass is 10.0. The van der Waals surface area contributed by atoms with Crippen molar-refractivity contribution < 1.29 is 23.1 Å². The van der Waals surface area contributed by atoms with Crippen LogP contribution in [0.4, 0.5) is 0 Å². The second-order valence-corrected chi connectivity index (χ2v) is 26.3. The van der Waals surface area contributed by atoms with Gasteiger partial charge >= 0.3 is 0 Å². The first-order valence-electron chi connectivity index (χ1n) is 19.8. The van der Waals surface area contributed by atoms with E-state index in [1.165, 1.54) is 15.9 Å². The average Bonchev–Trinajstić information content (AvgIpc) is 3.14. The normalized spacial score (nSPS) is 16.7. The fourth-order valence-corrected chi connectivity index (χ4v) is 18.3. The van der Waals surface area contributed by atoms with Crippen LogP contribution in [-0.4, -0.2) is 55.3 Å². The average molecular weight is 767 g/mol. The van der Waals surface area contributed by atoms with E-state index >= 15 is 0 Å². The Kier molecular flexibility index (Phi) is 16.2. The quantitative estimate of drug-likeness (QED) is 0.0778. The number of rotatable bonds is 17. The van der Waals surface area contributed by atoms with Gasteiger partial charge in [-0.05, 0) is 63.1 Å². The summed E-state index contributed by atoms with van der Waals surface area (Å²) in [6.07, 6.45) is 7.35. The molecule has 0 saturated heterocycles. The van der Waals surface area contributed by atoms with Crippen LogP contribution in [0.25, 0.3) is 0 Å². The highest BCUT2D eigenvalue weighted by Gasteiger charge is 2.50. The number of ether oxygens (including phenoxy) is 3.